The second-order valence-corrected chi connectivity index (χ2v) is 6.11. The van der Waals surface area contributed by atoms with Crippen LogP contribution in [0.25, 0.3) is 38.8 Å². The zero-order chi connectivity index (χ0) is 16.6. The molecule has 2 heterocycles. The monoisotopic (exact) mass is 320 g/mol. The number of aromatic nitrogens is 2. The van der Waals surface area contributed by atoms with Crippen molar-refractivity contribution < 1.29 is 0 Å². The van der Waals surface area contributed by atoms with Crippen molar-refractivity contribution in [1.82, 2.24) is 9.55 Å². The third-order valence-corrected chi connectivity index (χ3v) is 4.65. The predicted octanol–water partition coefficient (Wildman–Crippen LogP) is 5.85. The molecule has 0 radical (unpaired) electrons. The average Bonchev–Trinajstić information content (AvgIpc) is 3.03. The average molecular weight is 320 g/mol. The number of hydrogen-bond donors (Lipinski definition) is 0. The van der Waals surface area contributed by atoms with Crippen LogP contribution in [0.5, 0.6) is 0 Å². The van der Waals surface area contributed by atoms with Crippen molar-refractivity contribution in [2.24, 2.45) is 0 Å². The summed E-state index contributed by atoms with van der Waals surface area (Å²) in [6, 6.07) is 31.6. The van der Waals surface area contributed by atoms with Gasteiger partial charge in [-0.25, -0.2) is 0 Å². The van der Waals surface area contributed by atoms with Crippen LogP contribution >= 0.6 is 0 Å². The highest BCUT2D eigenvalue weighted by Crippen LogP contribution is 2.34. The molecule has 0 fully saturated rings. The first-order chi connectivity index (χ1) is 12.4. The van der Waals surface area contributed by atoms with E-state index in [-0.39, 0.29) is 0 Å². The molecule has 2 heteroatoms. The van der Waals surface area contributed by atoms with Crippen LogP contribution in [0, 0.1) is 0 Å². The Bertz CT molecular complexity index is 1130. The molecule has 2 aromatic heterocycles. The highest BCUT2D eigenvalue weighted by atomic mass is 15.0. The summed E-state index contributed by atoms with van der Waals surface area (Å²) in [6.45, 7) is 0. The van der Waals surface area contributed by atoms with E-state index in [1.165, 1.54) is 21.8 Å². The Morgan fingerprint density at radius 1 is 0.560 bits per heavy atom. The van der Waals surface area contributed by atoms with Gasteiger partial charge in [0.1, 0.15) is 0 Å². The summed E-state index contributed by atoms with van der Waals surface area (Å²) in [5.41, 5.74) is 5.63. The Hall–Kier alpha value is -3.39. The van der Waals surface area contributed by atoms with E-state index >= 15 is 0 Å². The molecule has 5 rings (SSSR count). The fourth-order valence-electron chi connectivity index (χ4n) is 3.58. The molecule has 0 amide bonds. The van der Waals surface area contributed by atoms with E-state index in [1.54, 1.807) is 0 Å². The highest BCUT2D eigenvalue weighted by Gasteiger charge is 2.15. The van der Waals surface area contributed by atoms with E-state index in [0.29, 0.717) is 0 Å². The van der Waals surface area contributed by atoms with Gasteiger partial charge in [0, 0.05) is 22.5 Å². The lowest BCUT2D eigenvalue weighted by Crippen LogP contribution is -1.98. The van der Waals surface area contributed by atoms with Crippen molar-refractivity contribution in [1.29, 1.82) is 0 Å². The Kier molecular flexibility index (Phi) is 3.14. The maximum absolute atomic E-state index is 4.70. The van der Waals surface area contributed by atoms with Crippen LogP contribution in [-0.4, -0.2) is 9.55 Å². The zero-order valence-electron chi connectivity index (χ0n) is 13.6. The fourth-order valence-corrected chi connectivity index (χ4v) is 3.58. The van der Waals surface area contributed by atoms with Gasteiger partial charge in [-0.15, -0.1) is 0 Å². The molecule has 0 unspecified atom stereocenters. The van der Waals surface area contributed by atoms with Gasteiger partial charge in [0.15, 0.2) is 0 Å². The molecule has 0 bridgehead atoms. The smallest absolute Gasteiger partial charge is 0.0942 e. The highest BCUT2D eigenvalue weighted by molar-refractivity contribution is 6.09. The Labute approximate surface area is 146 Å². The van der Waals surface area contributed by atoms with Crippen molar-refractivity contribution >= 4 is 21.8 Å². The number of benzene rings is 3. The molecule has 0 spiro atoms. The van der Waals surface area contributed by atoms with Crippen molar-refractivity contribution in [2.45, 2.75) is 0 Å². The molecule has 0 aliphatic heterocycles. The number of rotatable bonds is 2. The van der Waals surface area contributed by atoms with Crippen LogP contribution in [-0.2, 0) is 0 Å². The first-order valence-electron chi connectivity index (χ1n) is 8.42. The van der Waals surface area contributed by atoms with E-state index in [1.807, 2.05) is 18.3 Å². The number of nitrogens with zero attached hydrogens (tertiary/aromatic N) is 2. The summed E-state index contributed by atoms with van der Waals surface area (Å²) in [5, 5.41) is 2.53. The second-order valence-electron chi connectivity index (χ2n) is 6.11. The SMILES string of the molecule is c1ccc(-c2ncccc2-n2c3ccccc3c3ccccc32)cc1. The van der Waals surface area contributed by atoms with E-state index in [4.69, 9.17) is 4.98 Å². The third-order valence-electron chi connectivity index (χ3n) is 4.65. The summed E-state index contributed by atoms with van der Waals surface area (Å²) in [4.78, 5) is 4.70. The van der Waals surface area contributed by atoms with Crippen molar-refractivity contribution in [3.8, 4) is 16.9 Å². The van der Waals surface area contributed by atoms with Gasteiger partial charge in [-0.1, -0.05) is 66.7 Å². The first kappa shape index (κ1) is 14.0. The molecule has 5 aromatic rings. The lowest BCUT2D eigenvalue weighted by atomic mass is 10.1. The standard InChI is InChI=1S/C23H16N2/c1-2-9-17(10-3-1)23-22(15-8-16-24-23)25-20-13-6-4-11-18(20)19-12-5-7-14-21(19)25/h1-16H. The summed E-state index contributed by atoms with van der Waals surface area (Å²) >= 11 is 0. The molecular weight excluding hydrogens is 304 g/mol. The molecule has 0 saturated heterocycles. The van der Waals surface area contributed by atoms with Gasteiger partial charge in [-0.3, -0.25) is 4.98 Å². The van der Waals surface area contributed by atoms with Gasteiger partial charge in [0.2, 0.25) is 0 Å². The molecule has 2 nitrogen and oxygen atoms in total. The van der Waals surface area contributed by atoms with Crippen molar-refractivity contribution in [3.05, 3.63) is 97.2 Å². The maximum Gasteiger partial charge on any atom is 0.0942 e. The molecule has 25 heavy (non-hydrogen) atoms. The number of hydrogen-bond acceptors (Lipinski definition) is 1. The van der Waals surface area contributed by atoms with Crippen LogP contribution in [0.2, 0.25) is 0 Å². The molecule has 0 aliphatic rings. The second kappa shape index (κ2) is 5.60. The van der Waals surface area contributed by atoms with Crippen LogP contribution in [0.15, 0.2) is 97.2 Å². The van der Waals surface area contributed by atoms with Gasteiger partial charge < -0.3 is 4.57 Å². The largest absolute Gasteiger partial charge is 0.307 e. The van der Waals surface area contributed by atoms with Crippen molar-refractivity contribution in [2.75, 3.05) is 0 Å². The quantitative estimate of drug-likeness (QED) is 0.399. The number of pyridine rings is 1. The van der Waals surface area contributed by atoms with Crippen molar-refractivity contribution in [3.63, 3.8) is 0 Å². The minimum Gasteiger partial charge on any atom is -0.307 e. The van der Waals surface area contributed by atoms with E-state index in [2.05, 4.69) is 83.4 Å². The molecule has 0 N–H and O–H groups in total. The van der Waals surface area contributed by atoms with Crippen LogP contribution < -0.4 is 0 Å². The zero-order valence-corrected chi connectivity index (χ0v) is 13.6. The lowest BCUT2D eigenvalue weighted by Gasteiger charge is -2.12. The summed E-state index contributed by atoms with van der Waals surface area (Å²) in [6.07, 6.45) is 1.86. The lowest BCUT2D eigenvalue weighted by molar-refractivity contribution is 1.14. The molecule has 0 aliphatic carbocycles. The van der Waals surface area contributed by atoms with Gasteiger partial charge in [-0.05, 0) is 24.3 Å². The first-order valence-corrected chi connectivity index (χ1v) is 8.42. The molecular formula is C23H16N2. The predicted molar refractivity (Wildman–Crippen MR) is 104 cm³/mol. The molecule has 118 valence electrons. The van der Waals surface area contributed by atoms with Crippen LogP contribution in [0.4, 0.5) is 0 Å². The Balaban J connectivity index is 1.92. The van der Waals surface area contributed by atoms with Gasteiger partial charge in [-0.2, -0.15) is 0 Å². The van der Waals surface area contributed by atoms with E-state index < -0.39 is 0 Å². The minimum atomic E-state index is 0.995. The minimum absolute atomic E-state index is 0.995. The Morgan fingerprint density at radius 2 is 1.16 bits per heavy atom. The van der Waals surface area contributed by atoms with E-state index in [9.17, 15) is 0 Å². The topological polar surface area (TPSA) is 17.8 Å². The van der Waals surface area contributed by atoms with E-state index in [0.717, 1.165) is 16.9 Å². The van der Waals surface area contributed by atoms with Crippen LogP contribution in [0.3, 0.4) is 0 Å². The van der Waals surface area contributed by atoms with Crippen LogP contribution in [0.1, 0.15) is 0 Å². The third kappa shape index (κ3) is 2.15. The molecule has 0 saturated carbocycles. The summed E-state index contributed by atoms with van der Waals surface area (Å²) < 4.78 is 2.32. The molecule has 0 atom stereocenters. The number of para-hydroxylation sites is 2. The molecule has 3 aromatic carbocycles. The number of fused-ring (bicyclic) bond motifs is 3. The van der Waals surface area contributed by atoms with Gasteiger partial charge in [0.25, 0.3) is 0 Å². The maximum atomic E-state index is 4.70. The summed E-state index contributed by atoms with van der Waals surface area (Å²) in [7, 11) is 0. The fraction of sp³-hybridized carbons (Fsp3) is 0. The van der Waals surface area contributed by atoms with Gasteiger partial charge in [0.05, 0.1) is 22.4 Å². The Morgan fingerprint density at radius 3 is 1.84 bits per heavy atom. The normalized spacial score (nSPS) is 11.2. The summed E-state index contributed by atoms with van der Waals surface area (Å²) in [5.74, 6) is 0. The van der Waals surface area contributed by atoms with Gasteiger partial charge >= 0.3 is 0 Å².